The highest BCUT2D eigenvalue weighted by Crippen LogP contribution is 1.99. The molecule has 6 heteroatoms. The molecule has 6 nitrogen and oxygen atoms in total. The molecule has 0 aliphatic heterocycles. The molecule has 0 aromatic carbocycles. The Kier molecular flexibility index (Phi) is 5.38. The second-order valence-electron chi connectivity index (χ2n) is 4.03. The van der Waals surface area contributed by atoms with Gasteiger partial charge in [0.1, 0.15) is 6.54 Å². The summed E-state index contributed by atoms with van der Waals surface area (Å²) in [5.74, 6) is -0.196. The minimum absolute atomic E-state index is 0.0517. The van der Waals surface area contributed by atoms with Gasteiger partial charge < -0.3 is 20.3 Å². The van der Waals surface area contributed by atoms with Gasteiger partial charge in [-0.2, -0.15) is 0 Å². The molecule has 1 heterocycles. The van der Waals surface area contributed by atoms with Crippen molar-refractivity contribution in [3.63, 3.8) is 0 Å². The maximum atomic E-state index is 12.0. The van der Waals surface area contributed by atoms with Crippen LogP contribution in [0.25, 0.3) is 0 Å². The molecular formula is C12H19N3O3. The number of hydrogen-bond donors (Lipinski definition) is 2. The highest BCUT2D eigenvalue weighted by molar-refractivity contribution is 5.76. The molecule has 18 heavy (non-hydrogen) atoms. The van der Waals surface area contributed by atoms with Crippen molar-refractivity contribution < 1.29 is 9.90 Å². The Bertz CT molecular complexity index is 450. The predicted octanol–water partition coefficient (Wildman–Crippen LogP) is -0.339. The van der Waals surface area contributed by atoms with E-state index in [1.807, 2.05) is 6.92 Å². The summed E-state index contributed by atoms with van der Waals surface area (Å²) in [4.78, 5) is 25.0. The van der Waals surface area contributed by atoms with Gasteiger partial charge in [0.2, 0.25) is 5.91 Å². The van der Waals surface area contributed by atoms with Crippen LogP contribution in [0.3, 0.4) is 0 Å². The summed E-state index contributed by atoms with van der Waals surface area (Å²) in [7, 11) is 0. The van der Waals surface area contributed by atoms with Crippen molar-refractivity contribution in [1.29, 1.82) is 0 Å². The van der Waals surface area contributed by atoms with Gasteiger partial charge in [-0.05, 0) is 12.5 Å². The number of carbonyl (C=O) groups excluding carboxylic acids is 1. The molecular weight excluding hydrogens is 234 g/mol. The number of anilines is 1. The van der Waals surface area contributed by atoms with E-state index in [1.54, 1.807) is 0 Å². The van der Waals surface area contributed by atoms with Crippen LogP contribution in [0.1, 0.15) is 13.3 Å². The number of aromatic nitrogens is 1. The Morgan fingerprint density at radius 1 is 1.44 bits per heavy atom. The standard InChI is InChI=1S/C12H19N3O3/c1-2-5-14(6-7-16)12(18)9-15-8-10(13)3-4-11(15)17/h3-4,8,16H,2,5-7,9,13H2,1H3. The molecule has 0 saturated carbocycles. The zero-order valence-electron chi connectivity index (χ0n) is 10.5. The largest absolute Gasteiger partial charge is 0.398 e. The lowest BCUT2D eigenvalue weighted by molar-refractivity contribution is -0.132. The summed E-state index contributed by atoms with van der Waals surface area (Å²) in [6.07, 6.45) is 2.25. The van der Waals surface area contributed by atoms with Crippen molar-refractivity contribution >= 4 is 11.6 Å². The second kappa shape index (κ2) is 6.80. The van der Waals surface area contributed by atoms with Crippen molar-refractivity contribution in [3.05, 3.63) is 28.7 Å². The average Bonchev–Trinajstić information content (AvgIpc) is 2.33. The number of aliphatic hydroxyl groups excluding tert-OH is 1. The maximum absolute atomic E-state index is 12.0. The molecule has 3 N–H and O–H groups in total. The van der Waals surface area contributed by atoms with Crippen LogP contribution in [-0.2, 0) is 11.3 Å². The monoisotopic (exact) mass is 253 g/mol. The van der Waals surface area contributed by atoms with E-state index in [2.05, 4.69) is 0 Å². The first-order valence-electron chi connectivity index (χ1n) is 5.93. The minimum Gasteiger partial charge on any atom is -0.398 e. The molecule has 1 aromatic rings. The first kappa shape index (κ1) is 14.2. The third-order valence-corrected chi connectivity index (χ3v) is 2.53. The van der Waals surface area contributed by atoms with Crippen LogP contribution >= 0.6 is 0 Å². The topological polar surface area (TPSA) is 88.6 Å². The number of amides is 1. The van der Waals surface area contributed by atoms with Gasteiger partial charge in [-0.25, -0.2) is 0 Å². The minimum atomic E-state index is -0.266. The van der Waals surface area contributed by atoms with E-state index in [1.165, 1.54) is 27.8 Å². The van der Waals surface area contributed by atoms with E-state index in [-0.39, 0.29) is 31.2 Å². The normalized spacial score (nSPS) is 10.3. The van der Waals surface area contributed by atoms with Gasteiger partial charge in [-0.15, -0.1) is 0 Å². The van der Waals surface area contributed by atoms with Gasteiger partial charge in [0.05, 0.1) is 6.61 Å². The number of rotatable bonds is 6. The molecule has 0 spiro atoms. The summed E-state index contributed by atoms with van der Waals surface area (Å²) in [6, 6.07) is 2.83. The Hall–Kier alpha value is -1.82. The van der Waals surface area contributed by atoms with Crippen LogP contribution in [0, 0.1) is 0 Å². The number of nitrogens with zero attached hydrogens (tertiary/aromatic N) is 2. The van der Waals surface area contributed by atoms with E-state index in [0.717, 1.165) is 6.42 Å². The molecule has 1 aromatic heterocycles. The smallest absolute Gasteiger partial charge is 0.251 e. The fourth-order valence-corrected chi connectivity index (χ4v) is 1.67. The van der Waals surface area contributed by atoms with E-state index in [4.69, 9.17) is 10.8 Å². The second-order valence-corrected chi connectivity index (χ2v) is 4.03. The molecule has 1 rings (SSSR count). The molecule has 0 atom stereocenters. The van der Waals surface area contributed by atoms with Crippen LogP contribution in [0.5, 0.6) is 0 Å². The van der Waals surface area contributed by atoms with Gasteiger partial charge in [0.25, 0.3) is 5.56 Å². The lowest BCUT2D eigenvalue weighted by atomic mass is 10.3. The molecule has 1 amide bonds. The maximum Gasteiger partial charge on any atom is 0.251 e. The Morgan fingerprint density at radius 3 is 2.78 bits per heavy atom. The summed E-state index contributed by atoms with van der Waals surface area (Å²) < 4.78 is 1.28. The van der Waals surface area contributed by atoms with Crippen LogP contribution in [0.4, 0.5) is 5.69 Å². The molecule has 0 radical (unpaired) electrons. The third-order valence-electron chi connectivity index (χ3n) is 2.53. The number of pyridine rings is 1. The number of carbonyl (C=O) groups is 1. The lowest BCUT2D eigenvalue weighted by Gasteiger charge is -2.21. The molecule has 0 fully saturated rings. The molecule has 0 aliphatic carbocycles. The van der Waals surface area contributed by atoms with Crippen LogP contribution in [-0.4, -0.2) is 40.2 Å². The van der Waals surface area contributed by atoms with E-state index < -0.39 is 0 Å². The number of nitrogens with two attached hydrogens (primary N) is 1. The zero-order valence-corrected chi connectivity index (χ0v) is 10.5. The summed E-state index contributed by atoms with van der Waals surface area (Å²) in [5.41, 5.74) is 5.74. The molecule has 0 unspecified atom stereocenters. The van der Waals surface area contributed by atoms with Crippen molar-refractivity contribution in [2.75, 3.05) is 25.4 Å². The van der Waals surface area contributed by atoms with Crippen molar-refractivity contribution in [2.45, 2.75) is 19.9 Å². The quantitative estimate of drug-likeness (QED) is 0.726. The third kappa shape index (κ3) is 3.89. The summed E-state index contributed by atoms with van der Waals surface area (Å²) in [6.45, 7) is 2.66. The van der Waals surface area contributed by atoms with E-state index >= 15 is 0 Å². The molecule has 100 valence electrons. The van der Waals surface area contributed by atoms with Crippen LogP contribution < -0.4 is 11.3 Å². The Morgan fingerprint density at radius 2 is 2.17 bits per heavy atom. The predicted molar refractivity (Wildman–Crippen MR) is 69.1 cm³/mol. The summed E-state index contributed by atoms with van der Waals surface area (Å²) >= 11 is 0. The highest BCUT2D eigenvalue weighted by atomic mass is 16.3. The molecule has 0 saturated heterocycles. The van der Waals surface area contributed by atoms with Crippen molar-refractivity contribution in [3.8, 4) is 0 Å². The van der Waals surface area contributed by atoms with Gasteiger partial charge in [-0.3, -0.25) is 9.59 Å². The number of nitrogen functional groups attached to an aromatic ring is 1. The van der Waals surface area contributed by atoms with Crippen LogP contribution in [0.15, 0.2) is 23.1 Å². The van der Waals surface area contributed by atoms with Gasteiger partial charge in [0.15, 0.2) is 0 Å². The van der Waals surface area contributed by atoms with Crippen LogP contribution in [0.2, 0.25) is 0 Å². The Labute approximate surface area is 106 Å². The highest BCUT2D eigenvalue weighted by Gasteiger charge is 2.13. The number of hydrogen-bond acceptors (Lipinski definition) is 4. The van der Waals surface area contributed by atoms with Gasteiger partial charge in [-0.1, -0.05) is 6.92 Å². The Balaban J connectivity index is 2.78. The number of aliphatic hydroxyl groups is 1. The zero-order chi connectivity index (χ0) is 13.5. The van der Waals surface area contributed by atoms with E-state index in [0.29, 0.717) is 12.2 Å². The van der Waals surface area contributed by atoms with Crippen molar-refractivity contribution in [2.24, 2.45) is 0 Å². The van der Waals surface area contributed by atoms with Gasteiger partial charge in [0, 0.05) is 31.0 Å². The first-order chi connectivity index (χ1) is 8.58. The first-order valence-corrected chi connectivity index (χ1v) is 5.93. The fraction of sp³-hybridized carbons (Fsp3) is 0.500. The molecule has 0 bridgehead atoms. The molecule has 0 aliphatic rings. The average molecular weight is 253 g/mol. The lowest BCUT2D eigenvalue weighted by Crippen LogP contribution is -2.38. The van der Waals surface area contributed by atoms with Gasteiger partial charge >= 0.3 is 0 Å². The summed E-state index contributed by atoms with van der Waals surface area (Å²) in [5, 5.41) is 8.89. The fourth-order valence-electron chi connectivity index (χ4n) is 1.67. The van der Waals surface area contributed by atoms with Crippen molar-refractivity contribution in [1.82, 2.24) is 9.47 Å². The van der Waals surface area contributed by atoms with E-state index in [9.17, 15) is 9.59 Å². The SMILES string of the molecule is CCCN(CCO)C(=O)Cn1cc(N)ccc1=O.